The van der Waals surface area contributed by atoms with E-state index in [0.29, 0.717) is 23.9 Å². The van der Waals surface area contributed by atoms with Crippen LogP contribution in [0.25, 0.3) is 10.8 Å². The Morgan fingerprint density at radius 2 is 1.72 bits per heavy atom. The fraction of sp³-hybridized carbons (Fsp3) is 0.182. The summed E-state index contributed by atoms with van der Waals surface area (Å²) in [7, 11) is 3.59. The molecule has 0 aliphatic carbocycles. The fourth-order valence-corrected chi connectivity index (χ4v) is 3.27. The molecule has 0 N–H and O–H groups in total. The summed E-state index contributed by atoms with van der Waals surface area (Å²) >= 11 is 0. The second-order valence-corrected chi connectivity index (χ2v) is 6.96. The second kappa shape index (κ2) is 7.71. The number of benzene rings is 2. The van der Waals surface area contributed by atoms with Crippen LogP contribution < -0.4 is 5.56 Å². The van der Waals surface area contributed by atoms with E-state index in [2.05, 4.69) is 10.1 Å². The Labute approximate surface area is 167 Å². The van der Waals surface area contributed by atoms with E-state index in [1.807, 2.05) is 48.1 Å². The summed E-state index contributed by atoms with van der Waals surface area (Å²) in [6.45, 7) is 0.643. The summed E-state index contributed by atoms with van der Waals surface area (Å²) in [5.74, 6) is 0.508. The molecule has 0 radical (unpaired) electrons. The third kappa shape index (κ3) is 3.67. The smallest absolute Gasteiger partial charge is 0.275 e. The molecular weight excluding hydrogens is 366 g/mol. The molecular formula is C22H21N5O2. The van der Waals surface area contributed by atoms with Crippen LogP contribution in [0.3, 0.4) is 0 Å². The van der Waals surface area contributed by atoms with Crippen molar-refractivity contribution < 1.29 is 4.79 Å². The van der Waals surface area contributed by atoms with Crippen LogP contribution in [0, 0.1) is 0 Å². The molecule has 2 aromatic heterocycles. The quantitative estimate of drug-likeness (QED) is 0.527. The highest BCUT2D eigenvalue weighted by molar-refractivity contribution is 6.04. The molecule has 0 saturated heterocycles. The summed E-state index contributed by atoms with van der Waals surface area (Å²) in [6.07, 6.45) is 3.53. The molecule has 0 saturated carbocycles. The van der Waals surface area contributed by atoms with Crippen molar-refractivity contribution in [1.29, 1.82) is 0 Å². The lowest BCUT2D eigenvalue weighted by Gasteiger charge is -2.18. The van der Waals surface area contributed by atoms with Crippen LogP contribution in [0.1, 0.15) is 21.9 Å². The van der Waals surface area contributed by atoms with Gasteiger partial charge in [-0.2, -0.15) is 5.10 Å². The Hall–Kier alpha value is -3.74. The number of imidazole rings is 1. The van der Waals surface area contributed by atoms with Gasteiger partial charge in [0, 0.05) is 31.9 Å². The first kappa shape index (κ1) is 18.6. The number of rotatable bonds is 5. The van der Waals surface area contributed by atoms with Crippen molar-refractivity contribution in [2.24, 2.45) is 7.05 Å². The number of nitrogens with zero attached hydrogens (tertiary/aromatic N) is 5. The van der Waals surface area contributed by atoms with Crippen LogP contribution in [0.15, 0.2) is 71.8 Å². The highest BCUT2D eigenvalue weighted by Crippen LogP contribution is 2.16. The zero-order valence-corrected chi connectivity index (χ0v) is 16.3. The average Bonchev–Trinajstić information content (AvgIpc) is 3.15. The van der Waals surface area contributed by atoms with Gasteiger partial charge in [0.05, 0.1) is 18.5 Å². The second-order valence-electron chi connectivity index (χ2n) is 6.96. The molecule has 2 heterocycles. The summed E-state index contributed by atoms with van der Waals surface area (Å²) < 4.78 is 3.23. The van der Waals surface area contributed by atoms with E-state index in [0.717, 1.165) is 11.4 Å². The molecule has 2 aromatic carbocycles. The minimum Gasteiger partial charge on any atom is -0.337 e. The van der Waals surface area contributed by atoms with E-state index in [1.165, 1.54) is 4.68 Å². The molecule has 29 heavy (non-hydrogen) atoms. The Bertz CT molecular complexity index is 1230. The van der Waals surface area contributed by atoms with Crippen LogP contribution in [0.2, 0.25) is 0 Å². The molecule has 0 bridgehead atoms. The van der Waals surface area contributed by atoms with Gasteiger partial charge < -0.3 is 9.47 Å². The van der Waals surface area contributed by atoms with Gasteiger partial charge in [-0.15, -0.1) is 0 Å². The maximum Gasteiger partial charge on any atom is 0.275 e. The van der Waals surface area contributed by atoms with Gasteiger partial charge in [0.15, 0.2) is 5.69 Å². The first-order valence-electron chi connectivity index (χ1n) is 9.30. The molecule has 7 nitrogen and oxygen atoms in total. The van der Waals surface area contributed by atoms with Gasteiger partial charge >= 0.3 is 0 Å². The number of amides is 1. The summed E-state index contributed by atoms with van der Waals surface area (Å²) in [6, 6.07) is 16.7. The van der Waals surface area contributed by atoms with E-state index in [-0.39, 0.29) is 17.2 Å². The van der Waals surface area contributed by atoms with Crippen molar-refractivity contribution in [3.63, 3.8) is 0 Å². The van der Waals surface area contributed by atoms with Gasteiger partial charge in [-0.3, -0.25) is 9.59 Å². The van der Waals surface area contributed by atoms with E-state index < -0.39 is 0 Å². The molecule has 4 aromatic rings. The van der Waals surface area contributed by atoms with Gasteiger partial charge in [-0.1, -0.05) is 48.5 Å². The van der Waals surface area contributed by atoms with Crippen molar-refractivity contribution in [2.75, 3.05) is 7.05 Å². The third-order valence-corrected chi connectivity index (χ3v) is 4.89. The summed E-state index contributed by atoms with van der Waals surface area (Å²) in [5.41, 5.74) is 0.984. The number of aryl methyl sites for hydroxylation is 1. The first-order valence-corrected chi connectivity index (χ1v) is 9.30. The largest absolute Gasteiger partial charge is 0.337 e. The van der Waals surface area contributed by atoms with Crippen molar-refractivity contribution in [1.82, 2.24) is 24.2 Å². The predicted octanol–water partition coefficient (Wildman–Crippen LogP) is 2.45. The van der Waals surface area contributed by atoms with Crippen molar-refractivity contribution in [3.8, 4) is 0 Å². The molecule has 0 fully saturated rings. The Kier molecular flexibility index (Phi) is 4.95. The number of aromatic nitrogens is 4. The van der Waals surface area contributed by atoms with Gasteiger partial charge in [0.1, 0.15) is 5.82 Å². The summed E-state index contributed by atoms with van der Waals surface area (Å²) in [5, 5.41) is 5.49. The molecule has 0 unspecified atom stereocenters. The van der Waals surface area contributed by atoms with Crippen LogP contribution in [-0.2, 0) is 20.1 Å². The fourth-order valence-electron chi connectivity index (χ4n) is 3.27. The molecule has 1 amide bonds. The topological polar surface area (TPSA) is 73.0 Å². The number of carbonyl (C=O) groups excluding carboxylic acids is 1. The summed E-state index contributed by atoms with van der Waals surface area (Å²) in [4.78, 5) is 32.0. The lowest BCUT2D eigenvalue weighted by atomic mass is 10.1. The molecule has 0 spiro atoms. The normalized spacial score (nSPS) is 11.0. The van der Waals surface area contributed by atoms with Crippen molar-refractivity contribution in [2.45, 2.75) is 13.1 Å². The number of hydrogen-bond acceptors (Lipinski definition) is 4. The molecule has 0 aliphatic heterocycles. The van der Waals surface area contributed by atoms with Gasteiger partial charge in [0.2, 0.25) is 0 Å². The molecule has 4 rings (SSSR count). The molecule has 7 heteroatoms. The maximum atomic E-state index is 13.2. The molecule has 0 aliphatic rings. The van der Waals surface area contributed by atoms with Crippen LogP contribution in [0.5, 0.6) is 0 Å². The first-order chi connectivity index (χ1) is 14.0. The Morgan fingerprint density at radius 3 is 2.41 bits per heavy atom. The molecule has 146 valence electrons. The van der Waals surface area contributed by atoms with Crippen LogP contribution in [0.4, 0.5) is 0 Å². The lowest BCUT2D eigenvalue weighted by Crippen LogP contribution is -2.32. The van der Waals surface area contributed by atoms with E-state index >= 15 is 0 Å². The van der Waals surface area contributed by atoms with Gasteiger partial charge in [0.25, 0.3) is 11.5 Å². The average molecular weight is 387 g/mol. The highest BCUT2D eigenvalue weighted by Gasteiger charge is 2.21. The lowest BCUT2D eigenvalue weighted by molar-refractivity contribution is 0.0774. The van der Waals surface area contributed by atoms with E-state index in [1.54, 1.807) is 42.4 Å². The van der Waals surface area contributed by atoms with Gasteiger partial charge in [-0.05, 0) is 11.6 Å². The zero-order valence-electron chi connectivity index (χ0n) is 16.3. The van der Waals surface area contributed by atoms with Crippen molar-refractivity contribution >= 4 is 16.7 Å². The number of carbonyl (C=O) groups is 1. The SMILES string of the molecule is CN(Cc1nccn1C)C(=O)c1nn(Cc2ccccc2)c(=O)c2ccccc12. The third-order valence-electron chi connectivity index (χ3n) is 4.89. The predicted molar refractivity (Wildman–Crippen MR) is 111 cm³/mol. The van der Waals surface area contributed by atoms with Crippen LogP contribution in [-0.4, -0.2) is 37.2 Å². The minimum absolute atomic E-state index is 0.215. The Morgan fingerprint density at radius 1 is 1.03 bits per heavy atom. The highest BCUT2D eigenvalue weighted by atomic mass is 16.2. The van der Waals surface area contributed by atoms with E-state index in [9.17, 15) is 9.59 Å². The maximum absolute atomic E-state index is 13.2. The van der Waals surface area contributed by atoms with E-state index in [4.69, 9.17) is 0 Å². The van der Waals surface area contributed by atoms with Crippen molar-refractivity contribution in [3.05, 3.63) is 94.4 Å². The minimum atomic E-state index is -0.258. The number of hydrogen-bond donors (Lipinski definition) is 0. The standard InChI is InChI=1S/C22H21N5O2/c1-25-13-12-23-19(25)15-26(2)22(29)20-17-10-6-7-11-18(17)21(28)27(24-20)14-16-8-4-3-5-9-16/h3-13H,14-15H2,1-2H3. The Balaban J connectivity index is 1.76. The monoisotopic (exact) mass is 387 g/mol. The molecule has 0 atom stereocenters. The number of fused-ring (bicyclic) bond motifs is 1. The van der Waals surface area contributed by atoms with Gasteiger partial charge in [-0.25, -0.2) is 9.67 Å². The zero-order chi connectivity index (χ0) is 20.4. The van der Waals surface area contributed by atoms with Crippen LogP contribution >= 0.6 is 0 Å².